The van der Waals surface area contributed by atoms with Crippen molar-refractivity contribution < 1.29 is 9.53 Å². The van der Waals surface area contributed by atoms with Gasteiger partial charge in [-0.2, -0.15) is 0 Å². The van der Waals surface area contributed by atoms with Crippen LogP contribution >= 0.6 is 11.3 Å². The average Bonchev–Trinajstić information content (AvgIpc) is 3.05. The first-order chi connectivity index (χ1) is 13.9. The van der Waals surface area contributed by atoms with E-state index in [4.69, 9.17) is 4.99 Å². The monoisotopic (exact) mass is 419 g/mol. The van der Waals surface area contributed by atoms with Crippen LogP contribution in [-0.4, -0.2) is 81.5 Å². The Bertz CT molecular complexity index is 811. The van der Waals surface area contributed by atoms with Gasteiger partial charge in [-0.1, -0.05) is 0 Å². The quantitative estimate of drug-likeness (QED) is 0.407. The van der Waals surface area contributed by atoms with Gasteiger partial charge in [0.05, 0.1) is 23.1 Å². The summed E-state index contributed by atoms with van der Waals surface area (Å²) in [5, 5.41) is 1.06. The highest BCUT2D eigenvalue weighted by atomic mass is 32.1. The summed E-state index contributed by atoms with van der Waals surface area (Å²) in [4.78, 5) is 28.9. The zero-order valence-electron chi connectivity index (χ0n) is 18.4. The van der Waals surface area contributed by atoms with Crippen molar-refractivity contribution in [2.75, 3.05) is 52.8 Å². The highest BCUT2D eigenvalue weighted by Gasteiger charge is 2.21. The molecule has 1 amide bonds. The topological polar surface area (TPSA) is 61.3 Å². The average molecular weight is 420 g/mol. The SMILES string of the molecule is CCOC.Cc1sc2nccc(N(C)C)c2c1N=CN(C=O)C1CCN(C)CC1. The Morgan fingerprint density at radius 3 is 2.59 bits per heavy atom. The van der Waals surface area contributed by atoms with E-state index in [2.05, 4.69) is 33.5 Å². The van der Waals surface area contributed by atoms with E-state index in [0.717, 1.165) is 65.4 Å². The first-order valence-corrected chi connectivity index (χ1v) is 10.7. The fraction of sp³-hybridized carbons (Fsp3) is 0.571. The number of carbonyl (C=O) groups excluding carboxylic acids is 1. The molecule has 0 radical (unpaired) electrons. The van der Waals surface area contributed by atoms with Crippen LogP contribution in [-0.2, 0) is 9.53 Å². The lowest BCUT2D eigenvalue weighted by Gasteiger charge is -2.32. The van der Waals surface area contributed by atoms with Crippen molar-refractivity contribution in [3.8, 4) is 0 Å². The molecule has 0 saturated carbocycles. The Morgan fingerprint density at radius 1 is 1.38 bits per heavy atom. The Balaban J connectivity index is 0.000000687. The summed E-state index contributed by atoms with van der Waals surface area (Å²) >= 11 is 1.64. The van der Waals surface area contributed by atoms with Crippen LogP contribution in [0.3, 0.4) is 0 Å². The molecule has 0 spiro atoms. The minimum absolute atomic E-state index is 0.231. The van der Waals surface area contributed by atoms with Crippen LogP contribution in [0.15, 0.2) is 17.3 Å². The molecule has 0 N–H and O–H groups in total. The number of likely N-dealkylation sites (tertiary alicyclic amines) is 1. The molecule has 2 aromatic heterocycles. The van der Waals surface area contributed by atoms with Gasteiger partial charge < -0.3 is 19.4 Å². The lowest BCUT2D eigenvalue weighted by atomic mass is 10.0. The number of fused-ring (bicyclic) bond motifs is 1. The zero-order valence-corrected chi connectivity index (χ0v) is 19.2. The fourth-order valence-electron chi connectivity index (χ4n) is 3.26. The number of hydrogen-bond acceptors (Lipinski definition) is 7. The summed E-state index contributed by atoms with van der Waals surface area (Å²) in [6.07, 6.45) is 6.39. The van der Waals surface area contributed by atoms with Gasteiger partial charge >= 0.3 is 0 Å². The van der Waals surface area contributed by atoms with E-state index in [0.29, 0.717) is 0 Å². The van der Waals surface area contributed by atoms with Gasteiger partial charge in [0, 0.05) is 44.9 Å². The number of piperidine rings is 1. The minimum atomic E-state index is 0.231. The molecule has 0 aliphatic carbocycles. The van der Waals surface area contributed by atoms with Crippen LogP contribution in [0.4, 0.5) is 11.4 Å². The van der Waals surface area contributed by atoms with Crippen molar-refractivity contribution in [2.24, 2.45) is 4.99 Å². The number of amides is 1. The van der Waals surface area contributed by atoms with Crippen LogP contribution in [0, 0.1) is 6.92 Å². The van der Waals surface area contributed by atoms with Crippen molar-refractivity contribution in [3.05, 3.63) is 17.1 Å². The maximum Gasteiger partial charge on any atom is 0.215 e. The Labute approximate surface area is 178 Å². The number of anilines is 1. The van der Waals surface area contributed by atoms with Gasteiger partial charge in [0.25, 0.3) is 0 Å². The van der Waals surface area contributed by atoms with Crippen molar-refractivity contribution >= 4 is 45.7 Å². The van der Waals surface area contributed by atoms with Gasteiger partial charge in [0.1, 0.15) is 4.83 Å². The number of ether oxygens (including phenoxy) is 1. The fourth-order valence-corrected chi connectivity index (χ4v) is 4.21. The maximum absolute atomic E-state index is 11.6. The van der Waals surface area contributed by atoms with Crippen molar-refractivity contribution in [3.63, 3.8) is 0 Å². The summed E-state index contributed by atoms with van der Waals surface area (Å²) in [5.41, 5.74) is 2.01. The van der Waals surface area contributed by atoms with Gasteiger partial charge in [0.15, 0.2) is 0 Å². The molecule has 3 rings (SSSR count). The van der Waals surface area contributed by atoms with Crippen molar-refractivity contribution in [2.45, 2.75) is 32.7 Å². The van der Waals surface area contributed by atoms with Crippen LogP contribution in [0.1, 0.15) is 24.6 Å². The molecule has 2 aromatic rings. The van der Waals surface area contributed by atoms with E-state index < -0.39 is 0 Å². The predicted octanol–water partition coefficient (Wildman–Crippen LogP) is 3.54. The molecule has 1 saturated heterocycles. The second-order valence-corrected chi connectivity index (χ2v) is 8.52. The van der Waals surface area contributed by atoms with E-state index in [9.17, 15) is 4.79 Å². The molecule has 160 valence electrons. The molecule has 0 bridgehead atoms. The van der Waals surface area contributed by atoms with Crippen molar-refractivity contribution in [1.29, 1.82) is 0 Å². The van der Waals surface area contributed by atoms with Gasteiger partial charge in [-0.05, 0) is 52.9 Å². The maximum atomic E-state index is 11.6. The largest absolute Gasteiger partial charge is 0.385 e. The molecule has 0 atom stereocenters. The third kappa shape index (κ3) is 5.98. The van der Waals surface area contributed by atoms with Gasteiger partial charge in [-0.25, -0.2) is 9.98 Å². The number of rotatable bonds is 6. The van der Waals surface area contributed by atoms with Crippen LogP contribution in [0.2, 0.25) is 0 Å². The minimum Gasteiger partial charge on any atom is -0.385 e. The van der Waals surface area contributed by atoms with Crippen LogP contribution in [0.5, 0.6) is 0 Å². The molecular formula is C21H33N5O2S. The molecule has 7 nitrogen and oxygen atoms in total. The second kappa shape index (κ2) is 11.2. The molecule has 3 heterocycles. The molecule has 1 aliphatic rings. The normalized spacial score (nSPS) is 15.4. The van der Waals surface area contributed by atoms with Gasteiger partial charge in [-0.3, -0.25) is 4.79 Å². The summed E-state index contributed by atoms with van der Waals surface area (Å²) in [6, 6.07) is 2.23. The number of aromatic nitrogens is 1. The second-order valence-electron chi connectivity index (χ2n) is 7.32. The first kappa shape index (κ1) is 23.3. The first-order valence-electron chi connectivity index (χ1n) is 9.92. The standard InChI is InChI=1S/C18H25N5OS.C3H8O/c1-13-17(16-15(21(2)3)5-8-19-18(16)25-13)20-11-23(12-24)14-6-9-22(4)10-7-14;1-3-4-2/h5,8,11-12,14H,6-7,9-10H2,1-4H3;3H2,1-2H3. The molecule has 1 aliphatic heterocycles. The molecule has 0 unspecified atom stereocenters. The van der Waals surface area contributed by atoms with Gasteiger partial charge in [-0.15, -0.1) is 11.3 Å². The zero-order chi connectivity index (χ0) is 21.4. The van der Waals surface area contributed by atoms with E-state index >= 15 is 0 Å². The third-order valence-corrected chi connectivity index (χ3v) is 6.04. The summed E-state index contributed by atoms with van der Waals surface area (Å²) in [5.74, 6) is 0. The molecule has 0 aromatic carbocycles. The third-order valence-electron chi connectivity index (χ3n) is 5.04. The molecular weight excluding hydrogens is 386 g/mol. The van der Waals surface area contributed by atoms with Crippen LogP contribution < -0.4 is 4.90 Å². The lowest BCUT2D eigenvalue weighted by molar-refractivity contribution is -0.116. The van der Waals surface area contributed by atoms with Crippen LogP contribution in [0.25, 0.3) is 10.2 Å². The Morgan fingerprint density at radius 2 is 2.03 bits per heavy atom. The van der Waals surface area contributed by atoms with E-state index in [1.807, 2.05) is 33.3 Å². The number of thiophene rings is 1. The number of hydrogen-bond donors (Lipinski definition) is 0. The number of carbonyl (C=O) groups is 1. The Hall–Kier alpha value is -2.03. The number of methoxy groups -OCH3 is 1. The van der Waals surface area contributed by atoms with E-state index in [1.54, 1.807) is 29.7 Å². The number of aryl methyl sites for hydroxylation is 1. The number of aliphatic imine (C=N–C) groups is 1. The molecule has 8 heteroatoms. The highest BCUT2D eigenvalue weighted by Crippen LogP contribution is 2.41. The number of pyridine rings is 1. The van der Waals surface area contributed by atoms with E-state index in [-0.39, 0.29) is 6.04 Å². The van der Waals surface area contributed by atoms with Gasteiger partial charge in [0.2, 0.25) is 6.41 Å². The summed E-state index contributed by atoms with van der Waals surface area (Å²) in [7, 11) is 7.84. The molecule has 1 fully saturated rings. The van der Waals surface area contributed by atoms with E-state index in [1.165, 1.54) is 0 Å². The van der Waals surface area contributed by atoms with Crippen molar-refractivity contribution in [1.82, 2.24) is 14.8 Å². The molecule has 29 heavy (non-hydrogen) atoms. The smallest absolute Gasteiger partial charge is 0.215 e. The predicted molar refractivity (Wildman–Crippen MR) is 123 cm³/mol. The highest BCUT2D eigenvalue weighted by molar-refractivity contribution is 7.19. The Kier molecular flexibility index (Phi) is 9.00. The number of nitrogens with zero attached hydrogens (tertiary/aromatic N) is 5. The summed E-state index contributed by atoms with van der Waals surface area (Å²) in [6.45, 7) is 6.86. The lowest BCUT2D eigenvalue weighted by Crippen LogP contribution is -2.42. The summed E-state index contributed by atoms with van der Waals surface area (Å²) < 4.78 is 4.54.